The van der Waals surface area contributed by atoms with Crippen molar-refractivity contribution in [1.82, 2.24) is 16.4 Å². The van der Waals surface area contributed by atoms with Crippen molar-refractivity contribution in [2.24, 2.45) is 0 Å². The van der Waals surface area contributed by atoms with Gasteiger partial charge in [-0.25, -0.2) is 5.48 Å². The Hall–Kier alpha value is -5.83. The van der Waals surface area contributed by atoms with Crippen molar-refractivity contribution in [3.05, 3.63) is 108 Å². The van der Waals surface area contributed by atoms with E-state index < -0.39 is 17.7 Å². The SMILES string of the molecule is COc1ccc(OONC(=O)c2cccc(O)c2)cc1C(=O)NOOc1ccc(Oc2ccccc2)c(C(=O)NO)c1. The molecule has 0 heterocycles. The Labute approximate surface area is 237 Å². The molecule has 0 saturated heterocycles. The first-order valence-electron chi connectivity index (χ1n) is 11.9. The van der Waals surface area contributed by atoms with Gasteiger partial charge in [-0.15, -0.1) is 0 Å². The summed E-state index contributed by atoms with van der Waals surface area (Å²) in [6.07, 6.45) is 0. The Morgan fingerprint density at radius 2 is 1.26 bits per heavy atom. The fraction of sp³-hybridized carbons (Fsp3) is 0.0357. The Balaban J connectivity index is 1.36. The maximum absolute atomic E-state index is 12.7. The highest BCUT2D eigenvalue weighted by Crippen LogP contribution is 2.29. The zero-order valence-corrected chi connectivity index (χ0v) is 21.7. The highest BCUT2D eigenvalue weighted by Gasteiger charge is 2.18. The molecule has 0 aliphatic rings. The Kier molecular flexibility index (Phi) is 9.72. The Morgan fingerprint density at radius 3 is 1.88 bits per heavy atom. The molecule has 4 aromatic rings. The minimum Gasteiger partial charge on any atom is -0.508 e. The van der Waals surface area contributed by atoms with Crippen molar-refractivity contribution in [3.63, 3.8) is 0 Å². The van der Waals surface area contributed by atoms with Gasteiger partial charge < -0.3 is 24.4 Å². The molecule has 5 N–H and O–H groups in total. The first kappa shape index (κ1) is 29.2. The molecule has 0 fully saturated rings. The molecule has 0 saturated carbocycles. The van der Waals surface area contributed by atoms with Crippen LogP contribution < -0.4 is 35.7 Å². The average Bonchev–Trinajstić information content (AvgIpc) is 3.01. The van der Waals surface area contributed by atoms with Crippen LogP contribution >= 0.6 is 0 Å². The van der Waals surface area contributed by atoms with Gasteiger partial charge in [0, 0.05) is 17.7 Å². The number of phenols is 1. The highest BCUT2D eigenvalue weighted by atomic mass is 17.3. The van der Waals surface area contributed by atoms with Crippen LogP contribution in [0, 0.1) is 0 Å². The molecule has 0 aromatic heterocycles. The van der Waals surface area contributed by atoms with Crippen LogP contribution in [0.3, 0.4) is 0 Å². The number of phenolic OH excluding ortho intramolecular Hbond substituents is 1. The lowest BCUT2D eigenvalue weighted by molar-refractivity contribution is -0.244. The van der Waals surface area contributed by atoms with Crippen molar-refractivity contribution < 1.29 is 53.9 Å². The lowest BCUT2D eigenvalue weighted by Crippen LogP contribution is -2.27. The van der Waals surface area contributed by atoms with Crippen molar-refractivity contribution in [2.75, 3.05) is 7.11 Å². The number of carbonyl (C=O) groups excluding carboxylic acids is 3. The van der Waals surface area contributed by atoms with E-state index in [0.29, 0.717) is 5.75 Å². The van der Waals surface area contributed by atoms with E-state index in [4.69, 9.17) is 34.4 Å². The van der Waals surface area contributed by atoms with Crippen LogP contribution in [0.2, 0.25) is 0 Å². The minimum absolute atomic E-state index is 0.00624. The Bertz CT molecular complexity index is 1560. The average molecular weight is 578 g/mol. The zero-order valence-electron chi connectivity index (χ0n) is 21.7. The molecule has 0 unspecified atom stereocenters. The van der Waals surface area contributed by atoms with Crippen LogP contribution in [0.5, 0.6) is 34.5 Å². The van der Waals surface area contributed by atoms with Gasteiger partial charge in [-0.3, -0.25) is 19.6 Å². The third-order valence-electron chi connectivity index (χ3n) is 5.34. The summed E-state index contributed by atoms with van der Waals surface area (Å²) in [7, 11) is 1.34. The van der Waals surface area contributed by atoms with Crippen molar-refractivity contribution >= 4 is 17.7 Å². The normalized spacial score (nSPS) is 10.2. The first-order chi connectivity index (χ1) is 20.4. The molecule has 216 valence electrons. The number of rotatable bonds is 12. The monoisotopic (exact) mass is 577 g/mol. The second-order valence-electron chi connectivity index (χ2n) is 8.12. The topological polar surface area (TPSA) is 183 Å². The molecule has 0 aliphatic heterocycles. The van der Waals surface area contributed by atoms with E-state index >= 15 is 0 Å². The summed E-state index contributed by atoms with van der Waals surface area (Å²) in [5.41, 5.74) is 5.59. The van der Waals surface area contributed by atoms with Gasteiger partial charge in [0.2, 0.25) is 0 Å². The van der Waals surface area contributed by atoms with E-state index in [1.165, 1.54) is 73.3 Å². The molecule has 0 radical (unpaired) electrons. The van der Waals surface area contributed by atoms with Crippen LogP contribution in [-0.2, 0) is 9.98 Å². The fourth-order valence-electron chi connectivity index (χ4n) is 3.39. The van der Waals surface area contributed by atoms with Crippen molar-refractivity contribution in [3.8, 4) is 34.5 Å². The lowest BCUT2D eigenvalue weighted by atomic mass is 10.2. The van der Waals surface area contributed by atoms with Crippen LogP contribution in [0.25, 0.3) is 0 Å². The van der Waals surface area contributed by atoms with Gasteiger partial charge >= 0.3 is 0 Å². The predicted molar refractivity (Wildman–Crippen MR) is 142 cm³/mol. The standard InChI is InChI=1S/C28H23N3O11/c1-37-24-12-10-20(39-41-30-26(33)17-6-5-7-18(32)14-17)15-22(24)28(35)31-42-40-21-11-13-25(23(16-21)27(34)29-36)38-19-8-3-2-4-9-19/h2-16,32,36H,1H3,(H,29,34)(H,30,33)(H,31,35). The van der Waals surface area contributed by atoms with Crippen LogP contribution in [-0.4, -0.2) is 35.1 Å². The summed E-state index contributed by atoms with van der Waals surface area (Å²) < 4.78 is 10.9. The second-order valence-corrected chi connectivity index (χ2v) is 8.12. The number of nitrogens with one attached hydrogen (secondary N) is 3. The zero-order chi connectivity index (χ0) is 29.9. The first-order valence-corrected chi connectivity index (χ1v) is 11.9. The quantitative estimate of drug-likeness (QED) is 0.0942. The van der Waals surface area contributed by atoms with Crippen molar-refractivity contribution in [2.45, 2.75) is 0 Å². The number of amides is 3. The molecule has 4 aromatic carbocycles. The third-order valence-corrected chi connectivity index (χ3v) is 5.34. The summed E-state index contributed by atoms with van der Waals surface area (Å²) >= 11 is 0. The number of hydrogen-bond donors (Lipinski definition) is 5. The third kappa shape index (κ3) is 7.64. The van der Waals surface area contributed by atoms with Gasteiger partial charge in [-0.05, 0) is 54.6 Å². The van der Waals surface area contributed by atoms with Gasteiger partial charge in [0.1, 0.15) is 23.0 Å². The van der Waals surface area contributed by atoms with Gasteiger partial charge in [-0.2, -0.15) is 11.0 Å². The number of hydroxylamine groups is 3. The molecule has 42 heavy (non-hydrogen) atoms. The molecule has 4 rings (SSSR count). The number of benzene rings is 4. The summed E-state index contributed by atoms with van der Waals surface area (Å²) in [5, 5.41) is 18.6. The number of ether oxygens (including phenoxy) is 2. The molecular weight excluding hydrogens is 554 g/mol. The largest absolute Gasteiger partial charge is 0.508 e. The lowest BCUT2D eigenvalue weighted by Gasteiger charge is -2.13. The molecule has 0 bridgehead atoms. The van der Waals surface area contributed by atoms with E-state index in [-0.39, 0.29) is 45.4 Å². The Morgan fingerprint density at radius 1 is 0.643 bits per heavy atom. The van der Waals surface area contributed by atoms with Crippen molar-refractivity contribution in [1.29, 1.82) is 0 Å². The summed E-state index contributed by atoms with van der Waals surface area (Å²) in [4.78, 5) is 56.7. The summed E-state index contributed by atoms with van der Waals surface area (Å²) in [5.74, 6) is -1.81. The number of aromatic hydroxyl groups is 1. The molecule has 0 spiro atoms. The van der Waals surface area contributed by atoms with Gasteiger partial charge in [0.15, 0.2) is 11.5 Å². The smallest absolute Gasteiger partial charge is 0.281 e. The molecule has 3 amide bonds. The minimum atomic E-state index is -0.878. The van der Waals surface area contributed by atoms with Gasteiger partial charge in [0.05, 0.1) is 18.2 Å². The maximum Gasteiger partial charge on any atom is 0.281 e. The number of hydrogen-bond acceptors (Lipinski definition) is 11. The van der Waals surface area contributed by atoms with E-state index in [0.717, 1.165) is 0 Å². The van der Waals surface area contributed by atoms with Crippen LogP contribution in [0.1, 0.15) is 31.1 Å². The fourth-order valence-corrected chi connectivity index (χ4v) is 3.39. The van der Waals surface area contributed by atoms with Gasteiger partial charge in [-0.1, -0.05) is 34.2 Å². The number of carbonyl (C=O) groups is 3. The summed E-state index contributed by atoms with van der Waals surface area (Å²) in [6.45, 7) is 0. The number of methoxy groups -OCH3 is 1. The molecule has 0 atom stereocenters. The van der Waals surface area contributed by atoms with Crippen LogP contribution in [0.15, 0.2) is 91.0 Å². The van der Waals surface area contributed by atoms with E-state index in [9.17, 15) is 19.5 Å². The van der Waals surface area contributed by atoms with Crippen LogP contribution in [0.4, 0.5) is 0 Å². The van der Waals surface area contributed by atoms with Gasteiger partial charge in [0.25, 0.3) is 17.7 Å². The summed E-state index contributed by atoms with van der Waals surface area (Å²) in [6, 6.07) is 22.3. The van der Waals surface area contributed by atoms with E-state index in [2.05, 4.69) is 5.48 Å². The second kappa shape index (κ2) is 14.0. The molecular formula is C28H23N3O11. The van der Waals surface area contributed by atoms with E-state index in [1.54, 1.807) is 30.3 Å². The van der Waals surface area contributed by atoms with E-state index in [1.807, 2.05) is 5.48 Å². The molecule has 0 aliphatic carbocycles. The predicted octanol–water partition coefficient (Wildman–Crippen LogP) is 3.62. The maximum atomic E-state index is 12.7. The molecule has 14 heteroatoms. The number of para-hydroxylation sites is 1. The molecule has 14 nitrogen and oxygen atoms in total. The highest BCUT2D eigenvalue weighted by molar-refractivity contribution is 5.97.